The van der Waals surface area contributed by atoms with Crippen LogP contribution < -0.4 is 4.72 Å². The summed E-state index contributed by atoms with van der Waals surface area (Å²) in [5.41, 5.74) is 2.01. The molecule has 0 radical (unpaired) electrons. The molecular formula is C17H17N3O2S2. The van der Waals surface area contributed by atoms with Crippen molar-refractivity contribution in [2.45, 2.75) is 24.7 Å². The normalized spacial score (nSPS) is 11.6. The molecule has 1 aromatic heterocycles. The maximum Gasteiger partial charge on any atom is 0.263 e. The lowest BCUT2D eigenvalue weighted by atomic mass is 10.1. The molecule has 24 heavy (non-hydrogen) atoms. The average Bonchev–Trinajstić information content (AvgIpc) is 3.04. The molecule has 0 saturated carbocycles. The second-order valence-electron chi connectivity index (χ2n) is 5.60. The number of nitrogens with zero attached hydrogens (tertiary/aromatic N) is 2. The minimum Gasteiger partial charge on any atom is -0.253 e. The monoisotopic (exact) mass is 359 g/mol. The fraction of sp³-hybridized carbons (Fsp3) is 0.176. The van der Waals surface area contributed by atoms with Crippen LogP contribution in [-0.2, 0) is 10.0 Å². The van der Waals surface area contributed by atoms with Crippen molar-refractivity contribution >= 4 is 26.5 Å². The first kappa shape index (κ1) is 16.6. The number of anilines is 1. The molecule has 0 unspecified atom stereocenters. The third-order valence-electron chi connectivity index (χ3n) is 3.43. The number of benzene rings is 2. The number of rotatable bonds is 5. The van der Waals surface area contributed by atoms with E-state index in [0.29, 0.717) is 0 Å². The lowest BCUT2D eigenvalue weighted by Crippen LogP contribution is -2.12. The van der Waals surface area contributed by atoms with Crippen LogP contribution in [0, 0.1) is 0 Å². The largest absolute Gasteiger partial charge is 0.263 e. The fourth-order valence-corrected chi connectivity index (χ4v) is 4.12. The minimum absolute atomic E-state index is 0.198. The molecule has 0 aliphatic rings. The number of hydrogen-bond donors (Lipinski definition) is 1. The van der Waals surface area contributed by atoms with Crippen molar-refractivity contribution in [2.24, 2.45) is 0 Å². The molecule has 0 spiro atoms. The van der Waals surface area contributed by atoms with Crippen LogP contribution in [0.15, 0.2) is 59.5 Å². The van der Waals surface area contributed by atoms with Gasteiger partial charge in [-0.25, -0.2) is 8.42 Å². The summed E-state index contributed by atoms with van der Waals surface area (Å²) < 4.78 is 27.4. The Bertz CT molecular complexity index is 918. The summed E-state index contributed by atoms with van der Waals surface area (Å²) in [6, 6.07) is 16.6. The van der Waals surface area contributed by atoms with Gasteiger partial charge in [-0.1, -0.05) is 67.6 Å². The smallest absolute Gasteiger partial charge is 0.253 e. The van der Waals surface area contributed by atoms with Crippen molar-refractivity contribution in [3.8, 4) is 11.1 Å². The Hall–Kier alpha value is -2.25. The molecule has 0 bridgehead atoms. The van der Waals surface area contributed by atoms with Gasteiger partial charge >= 0.3 is 0 Å². The van der Waals surface area contributed by atoms with Crippen LogP contribution in [0.3, 0.4) is 0 Å². The van der Waals surface area contributed by atoms with Crippen LogP contribution in [0.1, 0.15) is 24.8 Å². The Kier molecular flexibility index (Phi) is 4.64. The number of aromatic nitrogens is 2. The maximum absolute atomic E-state index is 12.5. The summed E-state index contributed by atoms with van der Waals surface area (Å²) in [5, 5.41) is 8.96. The van der Waals surface area contributed by atoms with Gasteiger partial charge in [0, 0.05) is 5.92 Å². The molecule has 0 amide bonds. The van der Waals surface area contributed by atoms with Gasteiger partial charge in [0.15, 0.2) is 0 Å². The van der Waals surface area contributed by atoms with Crippen LogP contribution in [-0.4, -0.2) is 18.6 Å². The second kappa shape index (κ2) is 6.70. The number of hydrogen-bond acceptors (Lipinski definition) is 5. The van der Waals surface area contributed by atoms with Crippen LogP contribution in [0.4, 0.5) is 5.13 Å². The van der Waals surface area contributed by atoms with Crippen molar-refractivity contribution in [1.82, 2.24) is 10.2 Å². The lowest BCUT2D eigenvalue weighted by molar-refractivity contribution is 0.601. The van der Waals surface area contributed by atoms with Crippen LogP contribution >= 0.6 is 11.3 Å². The predicted octanol–water partition coefficient (Wildman–Crippen LogP) is 4.13. The highest BCUT2D eigenvalue weighted by molar-refractivity contribution is 7.93. The Morgan fingerprint density at radius 2 is 1.54 bits per heavy atom. The molecule has 124 valence electrons. The van der Waals surface area contributed by atoms with E-state index in [2.05, 4.69) is 14.9 Å². The fourth-order valence-electron chi connectivity index (χ4n) is 2.14. The van der Waals surface area contributed by atoms with E-state index < -0.39 is 10.0 Å². The first-order chi connectivity index (χ1) is 11.5. The molecule has 7 heteroatoms. The standard InChI is InChI=1S/C17H17N3O2S2/c1-12(2)16-18-19-17(23-16)20-24(21,22)15-10-8-14(9-11-15)13-6-4-3-5-7-13/h3-12H,1-2H3,(H,19,20). The van der Waals surface area contributed by atoms with Crippen LogP contribution in [0.5, 0.6) is 0 Å². The Morgan fingerprint density at radius 1 is 0.917 bits per heavy atom. The van der Waals surface area contributed by atoms with Crippen molar-refractivity contribution in [3.05, 3.63) is 59.6 Å². The predicted molar refractivity (Wildman–Crippen MR) is 96.7 cm³/mol. The zero-order valence-corrected chi connectivity index (χ0v) is 14.9. The minimum atomic E-state index is -3.67. The lowest BCUT2D eigenvalue weighted by Gasteiger charge is -2.06. The van der Waals surface area contributed by atoms with E-state index in [9.17, 15) is 8.42 Å². The third-order valence-corrected chi connectivity index (χ3v) is 6.05. The molecular weight excluding hydrogens is 342 g/mol. The zero-order chi connectivity index (χ0) is 17.2. The molecule has 1 N–H and O–H groups in total. The van der Waals surface area contributed by atoms with Gasteiger partial charge in [-0.3, -0.25) is 4.72 Å². The molecule has 2 aromatic carbocycles. The van der Waals surface area contributed by atoms with Crippen LogP contribution in [0.2, 0.25) is 0 Å². The van der Waals surface area contributed by atoms with Crippen molar-refractivity contribution < 1.29 is 8.42 Å². The van der Waals surface area contributed by atoms with Gasteiger partial charge in [-0.2, -0.15) is 0 Å². The van der Waals surface area contributed by atoms with Crippen molar-refractivity contribution in [2.75, 3.05) is 4.72 Å². The van der Waals surface area contributed by atoms with Gasteiger partial charge in [0.1, 0.15) is 5.01 Å². The summed E-state index contributed by atoms with van der Waals surface area (Å²) in [6.07, 6.45) is 0. The molecule has 0 saturated heterocycles. The molecule has 0 aliphatic heterocycles. The van der Waals surface area contributed by atoms with E-state index >= 15 is 0 Å². The Morgan fingerprint density at radius 3 is 2.12 bits per heavy atom. The molecule has 0 atom stereocenters. The molecule has 5 nitrogen and oxygen atoms in total. The molecule has 1 heterocycles. The highest BCUT2D eigenvalue weighted by atomic mass is 32.2. The first-order valence-corrected chi connectivity index (χ1v) is 9.77. The Labute approximate surface area is 145 Å². The van der Waals surface area contributed by atoms with E-state index in [1.807, 2.05) is 44.2 Å². The van der Waals surface area contributed by atoms with Gasteiger partial charge in [0.25, 0.3) is 10.0 Å². The van der Waals surface area contributed by atoms with Gasteiger partial charge in [-0.15, -0.1) is 10.2 Å². The summed E-state index contributed by atoms with van der Waals surface area (Å²) >= 11 is 1.25. The molecule has 3 aromatic rings. The number of sulfonamides is 1. The zero-order valence-electron chi connectivity index (χ0n) is 13.3. The van der Waals surface area contributed by atoms with E-state index in [1.54, 1.807) is 24.3 Å². The summed E-state index contributed by atoms with van der Waals surface area (Å²) in [6.45, 7) is 3.97. The van der Waals surface area contributed by atoms with Crippen molar-refractivity contribution in [1.29, 1.82) is 0 Å². The third kappa shape index (κ3) is 3.63. The van der Waals surface area contributed by atoms with E-state index in [4.69, 9.17) is 0 Å². The maximum atomic E-state index is 12.5. The van der Waals surface area contributed by atoms with E-state index in [1.165, 1.54) is 11.3 Å². The number of nitrogens with one attached hydrogen (secondary N) is 1. The average molecular weight is 359 g/mol. The van der Waals surface area contributed by atoms with Crippen molar-refractivity contribution in [3.63, 3.8) is 0 Å². The summed E-state index contributed by atoms with van der Waals surface area (Å²) in [5.74, 6) is 0.214. The van der Waals surface area contributed by atoms with E-state index in [0.717, 1.165) is 16.1 Å². The summed E-state index contributed by atoms with van der Waals surface area (Å²) in [4.78, 5) is 0.198. The van der Waals surface area contributed by atoms with Gasteiger partial charge in [0.05, 0.1) is 4.90 Å². The molecule has 0 aliphatic carbocycles. The SMILES string of the molecule is CC(C)c1nnc(NS(=O)(=O)c2ccc(-c3ccccc3)cc2)s1. The first-order valence-electron chi connectivity index (χ1n) is 7.47. The highest BCUT2D eigenvalue weighted by Gasteiger charge is 2.17. The van der Waals surface area contributed by atoms with E-state index in [-0.39, 0.29) is 15.9 Å². The quantitative estimate of drug-likeness (QED) is 0.743. The summed E-state index contributed by atoms with van der Waals surface area (Å²) in [7, 11) is -3.67. The highest BCUT2D eigenvalue weighted by Crippen LogP contribution is 2.26. The van der Waals surface area contributed by atoms with Crippen LogP contribution in [0.25, 0.3) is 11.1 Å². The second-order valence-corrected chi connectivity index (χ2v) is 8.29. The van der Waals surface area contributed by atoms with Gasteiger partial charge < -0.3 is 0 Å². The van der Waals surface area contributed by atoms with Gasteiger partial charge in [-0.05, 0) is 23.3 Å². The van der Waals surface area contributed by atoms with Gasteiger partial charge in [0.2, 0.25) is 5.13 Å². The molecule has 0 fully saturated rings. The Balaban J connectivity index is 1.82. The topological polar surface area (TPSA) is 72.0 Å². The molecule has 3 rings (SSSR count).